The van der Waals surface area contributed by atoms with Gasteiger partial charge >= 0.3 is 12.4 Å². The quantitative estimate of drug-likeness (QED) is 0.489. The fourth-order valence-corrected chi connectivity index (χ4v) is 1.33. The molecule has 1 aromatic carbocycles. The van der Waals surface area contributed by atoms with Crippen molar-refractivity contribution in [1.82, 2.24) is 0 Å². The van der Waals surface area contributed by atoms with Crippen LogP contribution in [-0.4, -0.2) is 11.7 Å². The van der Waals surface area contributed by atoms with Crippen molar-refractivity contribution in [3.8, 4) is 0 Å². The highest BCUT2D eigenvalue weighted by Gasteiger charge is 2.37. The van der Waals surface area contributed by atoms with E-state index in [0.29, 0.717) is 12.1 Å². The van der Waals surface area contributed by atoms with Crippen molar-refractivity contribution >= 4 is 11.7 Å². The average molecular weight is 309 g/mol. The zero-order chi connectivity index (χ0) is 16.4. The summed E-state index contributed by atoms with van der Waals surface area (Å²) >= 11 is 0. The second kappa shape index (κ2) is 5.58. The molecule has 0 bridgehead atoms. The first-order valence-corrected chi connectivity index (χ1v) is 5.30. The molecular weight excluding hydrogens is 300 g/mol. The van der Waals surface area contributed by atoms with Gasteiger partial charge in [-0.05, 0) is 24.3 Å². The van der Waals surface area contributed by atoms with Crippen molar-refractivity contribution in [2.45, 2.75) is 12.4 Å². The molecule has 0 saturated carbocycles. The standard InChI is InChI=1S/C12H9F6N3/c1-2-9(19)21-10(20)6-3-7(11(13,14)15)5-8(4-6)12(16,17)18/h2-5H,1H2,(H3,19,20,21). The average Bonchev–Trinajstić information content (AvgIpc) is 2.35. The molecule has 21 heavy (non-hydrogen) atoms. The van der Waals surface area contributed by atoms with Crippen LogP contribution in [0.1, 0.15) is 16.7 Å². The van der Waals surface area contributed by atoms with Gasteiger partial charge in [0, 0.05) is 5.56 Å². The topological polar surface area (TPSA) is 62.2 Å². The zero-order valence-electron chi connectivity index (χ0n) is 10.3. The summed E-state index contributed by atoms with van der Waals surface area (Å²) in [6, 6.07) is 0.770. The minimum Gasteiger partial charge on any atom is -0.384 e. The number of nitrogens with two attached hydrogens (primary N) is 1. The van der Waals surface area contributed by atoms with E-state index in [2.05, 4.69) is 11.6 Å². The largest absolute Gasteiger partial charge is 0.416 e. The zero-order valence-corrected chi connectivity index (χ0v) is 10.3. The minimum absolute atomic E-state index is 0.0304. The fourth-order valence-electron chi connectivity index (χ4n) is 1.33. The number of nitrogens with one attached hydrogen (secondary N) is 1. The third-order valence-corrected chi connectivity index (χ3v) is 2.31. The van der Waals surface area contributed by atoms with Gasteiger partial charge in [-0.25, -0.2) is 4.99 Å². The molecule has 0 unspecified atom stereocenters. The van der Waals surface area contributed by atoms with Crippen LogP contribution in [0.3, 0.4) is 0 Å². The smallest absolute Gasteiger partial charge is 0.384 e. The number of rotatable bonds is 2. The van der Waals surface area contributed by atoms with Crippen LogP contribution >= 0.6 is 0 Å². The van der Waals surface area contributed by atoms with Gasteiger partial charge in [0.05, 0.1) is 11.1 Å². The van der Waals surface area contributed by atoms with E-state index in [-0.39, 0.29) is 11.9 Å². The molecule has 0 fully saturated rings. The summed E-state index contributed by atoms with van der Waals surface area (Å²) < 4.78 is 75.7. The van der Waals surface area contributed by atoms with Gasteiger partial charge in [0.2, 0.25) is 0 Å². The lowest BCUT2D eigenvalue weighted by Crippen LogP contribution is -2.15. The number of alkyl halides is 6. The van der Waals surface area contributed by atoms with Crippen molar-refractivity contribution < 1.29 is 26.3 Å². The number of halogens is 6. The van der Waals surface area contributed by atoms with E-state index in [1.54, 1.807) is 0 Å². The van der Waals surface area contributed by atoms with Crippen LogP contribution in [0, 0.1) is 5.41 Å². The van der Waals surface area contributed by atoms with E-state index >= 15 is 0 Å². The number of nitrogens with zero attached hydrogens (tertiary/aromatic N) is 1. The second-order valence-electron chi connectivity index (χ2n) is 3.88. The molecule has 0 aromatic heterocycles. The molecule has 0 saturated heterocycles. The van der Waals surface area contributed by atoms with Crippen molar-refractivity contribution in [3.05, 3.63) is 47.5 Å². The molecular formula is C12H9F6N3. The number of amidine groups is 2. The normalized spacial score (nSPS) is 13.1. The summed E-state index contributed by atoms with van der Waals surface area (Å²) in [6.45, 7) is 3.21. The van der Waals surface area contributed by atoms with E-state index in [4.69, 9.17) is 11.1 Å². The Morgan fingerprint density at radius 1 is 1.05 bits per heavy atom. The van der Waals surface area contributed by atoms with Gasteiger partial charge in [0.15, 0.2) is 5.84 Å². The molecule has 1 rings (SSSR count). The lowest BCUT2D eigenvalue weighted by Gasteiger charge is -2.13. The highest BCUT2D eigenvalue weighted by molar-refractivity contribution is 6.07. The highest BCUT2D eigenvalue weighted by Crippen LogP contribution is 2.36. The predicted molar refractivity (Wildman–Crippen MR) is 65.1 cm³/mol. The third kappa shape index (κ3) is 4.33. The summed E-state index contributed by atoms with van der Waals surface area (Å²) in [6.07, 6.45) is -8.96. The predicted octanol–water partition coefficient (Wildman–Crippen LogP) is 3.59. The number of hydrogen-bond donors (Lipinski definition) is 2. The summed E-state index contributed by atoms with van der Waals surface area (Å²) in [4.78, 5) is 3.34. The van der Waals surface area contributed by atoms with E-state index < -0.39 is 34.9 Å². The molecule has 0 heterocycles. The van der Waals surface area contributed by atoms with E-state index in [1.165, 1.54) is 0 Å². The van der Waals surface area contributed by atoms with Crippen LogP contribution in [-0.2, 0) is 12.4 Å². The Morgan fingerprint density at radius 3 is 1.81 bits per heavy atom. The number of benzene rings is 1. The van der Waals surface area contributed by atoms with Crippen molar-refractivity contribution in [2.75, 3.05) is 0 Å². The van der Waals surface area contributed by atoms with Gasteiger partial charge < -0.3 is 5.73 Å². The Kier molecular flexibility index (Phi) is 4.45. The van der Waals surface area contributed by atoms with Crippen LogP contribution < -0.4 is 5.73 Å². The van der Waals surface area contributed by atoms with Crippen LogP contribution in [0.4, 0.5) is 26.3 Å². The number of hydrogen-bond acceptors (Lipinski definition) is 1. The number of aliphatic imine (C=N–C) groups is 1. The minimum atomic E-state index is -4.98. The lowest BCUT2D eigenvalue weighted by molar-refractivity contribution is -0.143. The van der Waals surface area contributed by atoms with Gasteiger partial charge in [0.1, 0.15) is 5.84 Å². The second-order valence-corrected chi connectivity index (χ2v) is 3.88. The Labute approximate surface area is 115 Å². The molecule has 1 aromatic rings. The molecule has 9 heteroatoms. The maximum absolute atomic E-state index is 12.6. The first-order valence-electron chi connectivity index (χ1n) is 5.30. The maximum Gasteiger partial charge on any atom is 0.416 e. The van der Waals surface area contributed by atoms with Crippen LogP contribution in [0.15, 0.2) is 35.8 Å². The fraction of sp³-hybridized carbons (Fsp3) is 0.167. The molecule has 3 nitrogen and oxygen atoms in total. The first-order chi connectivity index (χ1) is 9.45. The summed E-state index contributed by atoms with van der Waals surface area (Å²) in [5.41, 5.74) is 1.51. The monoisotopic (exact) mass is 309 g/mol. The summed E-state index contributed by atoms with van der Waals surface area (Å²) in [7, 11) is 0. The molecule has 0 amide bonds. The van der Waals surface area contributed by atoms with Gasteiger partial charge in [0.25, 0.3) is 0 Å². The Bertz CT molecular complexity index is 566. The lowest BCUT2D eigenvalue weighted by atomic mass is 10.0. The summed E-state index contributed by atoms with van der Waals surface area (Å²) in [5, 5.41) is 7.42. The van der Waals surface area contributed by atoms with E-state index in [9.17, 15) is 26.3 Å². The van der Waals surface area contributed by atoms with Crippen molar-refractivity contribution in [3.63, 3.8) is 0 Å². The van der Waals surface area contributed by atoms with Crippen LogP contribution in [0.25, 0.3) is 0 Å². The maximum atomic E-state index is 12.6. The Hall–Kier alpha value is -2.32. The summed E-state index contributed by atoms with van der Waals surface area (Å²) in [5.74, 6) is -1.13. The van der Waals surface area contributed by atoms with Crippen molar-refractivity contribution in [1.29, 1.82) is 5.41 Å². The van der Waals surface area contributed by atoms with Gasteiger partial charge in [-0.3, -0.25) is 5.41 Å². The van der Waals surface area contributed by atoms with Gasteiger partial charge in [-0.2, -0.15) is 26.3 Å². The molecule has 0 atom stereocenters. The molecule has 0 aliphatic carbocycles. The third-order valence-electron chi connectivity index (χ3n) is 2.31. The Balaban J connectivity index is 3.46. The molecule has 0 spiro atoms. The Morgan fingerprint density at radius 2 is 1.48 bits per heavy atom. The van der Waals surface area contributed by atoms with E-state index in [1.807, 2.05) is 0 Å². The molecule has 0 aliphatic heterocycles. The van der Waals surface area contributed by atoms with Crippen molar-refractivity contribution in [2.24, 2.45) is 10.7 Å². The van der Waals surface area contributed by atoms with Crippen LogP contribution in [0.5, 0.6) is 0 Å². The molecule has 0 radical (unpaired) electrons. The van der Waals surface area contributed by atoms with Gasteiger partial charge in [-0.15, -0.1) is 0 Å². The van der Waals surface area contributed by atoms with Gasteiger partial charge in [-0.1, -0.05) is 6.58 Å². The van der Waals surface area contributed by atoms with Crippen LogP contribution in [0.2, 0.25) is 0 Å². The van der Waals surface area contributed by atoms with E-state index in [0.717, 1.165) is 6.08 Å². The SMILES string of the molecule is C=CC(N)=NC(=N)c1cc(C(F)(F)F)cc(C(F)(F)F)c1. The first kappa shape index (κ1) is 16.7. The highest BCUT2D eigenvalue weighted by atomic mass is 19.4. The molecule has 114 valence electrons. The molecule has 0 aliphatic rings. The molecule has 3 N–H and O–H groups in total.